The fourth-order valence-corrected chi connectivity index (χ4v) is 3.26. The molecule has 1 N–H and O–H groups in total. The third kappa shape index (κ3) is 4.95. The minimum Gasteiger partial charge on any atom is -0.493 e. The minimum absolute atomic E-state index is 0.107. The van der Waals surface area contributed by atoms with E-state index in [1.54, 1.807) is 6.07 Å². The Kier molecular flexibility index (Phi) is 5.95. The minimum atomic E-state index is -4.44. The molecule has 3 nitrogen and oxygen atoms in total. The molecule has 146 valence electrons. The predicted octanol–water partition coefficient (Wildman–Crippen LogP) is 5.09. The molecule has 0 saturated heterocycles. The number of hydrogen-bond donors (Lipinski definition) is 1. The number of hydrogen-bond acceptors (Lipinski definition) is 3. The van der Waals surface area contributed by atoms with Crippen molar-refractivity contribution in [2.75, 3.05) is 25.5 Å². The van der Waals surface area contributed by atoms with Crippen LogP contribution in [-0.2, 0) is 25.7 Å². The van der Waals surface area contributed by atoms with Gasteiger partial charge in [-0.1, -0.05) is 19.1 Å². The molecule has 0 aromatic heterocycles. The molecule has 3 rings (SSSR count). The second-order valence-electron chi connectivity index (χ2n) is 7.00. The summed E-state index contributed by atoms with van der Waals surface area (Å²) in [6.45, 7) is 4.40. The second-order valence-corrected chi connectivity index (χ2v) is 7.00. The van der Waals surface area contributed by atoms with Gasteiger partial charge in [0.25, 0.3) is 0 Å². The second kappa shape index (κ2) is 8.21. The van der Waals surface area contributed by atoms with Gasteiger partial charge in [0, 0.05) is 25.3 Å². The zero-order valence-corrected chi connectivity index (χ0v) is 15.7. The first-order chi connectivity index (χ1) is 12.9. The van der Waals surface area contributed by atoms with Crippen LogP contribution in [0.4, 0.5) is 18.9 Å². The monoisotopic (exact) mass is 378 g/mol. The van der Waals surface area contributed by atoms with Crippen molar-refractivity contribution in [1.82, 2.24) is 4.90 Å². The van der Waals surface area contributed by atoms with Gasteiger partial charge in [0.1, 0.15) is 5.75 Å². The van der Waals surface area contributed by atoms with Crippen LogP contribution in [0.5, 0.6) is 5.75 Å². The van der Waals surface area contributed by atoms with Crippen molar-refractivity contribution in [3.63, 3.8) is 0 Å². The Morgan fingerprint density at radius 1 is 1.11 bits per heavy atom. The standard InChI is InChI=1S/C21H25F3N2O/c1-3-10-27-20-7-4-15(11-19(20)21(22,23)24)13-25-18-6-5-16-8-9-26(2)14-17(16)12-18/h4-7,11-12,25H,3,8-10,13-14H2,1-2H3. The first-order valence-electron chi connectivity index (χ1n) is 9.24. The number of fused-ring (bicyclic) bond motifs is 1. The highest BCUT2D eigenvalue weighted by molar-refractivity contribution is 5.50. The lowest BCUT2D eigenvalue weighted by Crippen LogP contribution is -2.26. The van der Waals surface area contributed by atoms with E-state index in [0.717, 1.165) is 25.2 Å². The molecule has 0 bridgehead atoms. The average Bonchev–Trinajstić information content (AvgIpc) is 2.63. The molecule has 2 aromatic carbocycles. The fourth-order valence-electron chi connectivity index (χ4n) is 3.26. The maximum absolute atomic E-state index is 13.3. The van der Waals surface area contributed by atoms with E-state index in [0.29, 0.717) is 18.5 Å². The summed E-state index contributed by atoms with van der Waals surface area (Å²) in [6, 6.07) is 10.5. The Morgan fingerprint density at radius 3 is 2.67 bits per heavy atom. The van der Waals surface area contributed by atoms with Crippen LogP contribution in [0, 0.1) is 0 Å². The van der Waals surface area contributed by atoms with E-state index < -0.39 is 11.7 Å². The first kappa shape index (κ1) is 19.5. The Labute approximate surface area is 158 Å². The third-order valence-electron chi connectivity index (χ3n) is 4.72. The summed E-state index contributed by atoms with van der Waals surface area (Å²) in [5.41, 5.74) is 3.38. The van der Waals surface area contributed by atoms with Crippen LogP contribution in [-0.4, -0.2) is 25.1 Å². The summed E-state index contributed by atoms with van der Waals surface area (Å²) in [5.74, 6) is -0.107. The van der Waals surface area contributed by atoms with Crippen molar-refractivity contribution in [2.24, 2.45) is 0 Å². The molecule has 0 atom stereocenters. The zero-order valence-electron chi connectivity index (χ0n) is 15.7. The molecule has 2 aromatic rings. The van der Waals surface area contributed by atoms with Gasteiger partial charge in [-0.2, -0.15) is 13.2 Å². The Hall–Kier alpha value is -2.21. The Bertz CT molecular complexity index is 789. The van der Waals surface area contributed by atoms with Gasteiger partial charge in [0.05, 0.1) is 12.2 Å². The summed E-state index contributed by atoms with van der Waals surface area (Å²) in [5, 5.41) is 3.24. The molecular formula is C21H25F3N2O. The van der Waals surface area contributed by atoms with Crippen LogP contribution < -0.4 is 10.1 Å². The van der Waals surface area contributed by atoms with Gasteiger partial charge in [0.15, 0.2) is 0 Å². The number of benzene rings is 2. The lowest BCUT2D eigenvalue weighted by Gasteiger charge is -2.25. The molecule has 1 aliphatic rings. The summed E-state index contributed by atoms with van der Waals surface area (Å²) in [6.07, 6.45) is -2.75. The quantitative estimate of drug-likeness (QED) is 0.757. The molecule has 0 radical (unpaired) electrons. The van der Waals surface area contributed by atoms with Crippen molar-refractivity contribution in [3.05, 3.63) is 58.7 Å². The van der Waals surface area contributed by atoms with Crippen LogP contribution in [0.3, 0.4) is 0 Å². The lowest BCUT2D eigenvalue weighted by atomic mass is 9.99. The van der Waals surface area contributed by atoms with Gasteiger partial charge in [-0.25, -0.2) is 0 Å². The van der Waals surface area contributed by atoms with Crippen LogP contribution >= 0.6 is 0 Å². The van der Waals surface area contributed by atoms with E-state index in [9.17, 15) is 13.2 Å². The summed E-state index contributed by atoms with van der Waals surface area (Å²) >= 11 is 0. The fraction of sp³-hybridized carbons (Fsp3) is 0.429. The van der Waals surface area contributed by atoms with E-state index in [1.807, 2.05) is 13.0 Å². The number of anilines is 1. The zero-order chi connectivity index (χ0) is 19.4. The Balaban J connectivity index is 1.73. The number of halogens is 3. The smallest absolute Gasteiger partial charge is 0.419 e. The van der Waals surface area contributed by atoms with E-state index in [1.165, 1.54) is 23.3 Å². The van der Waals surface area contributed by atoms with Crippen molar-refractivity contribution in [1.29, 1.82) is 0 Å². The van der Waals surface area contributed by atoms with Crippen molar-refractivity contribution < 1.29 is 17.9 Å². The highest BCUT2D eigenvalue weighted by atomic mass is 19.4. The number of alkyl halides is 3. The van der Waals surface area contributed by atoms with Crippen LogP contribution in [0.1, 0.15) is 35.6 Å². The molecular weight excluding hydrogens is 353 g/mol. The maximum Gasteiger partial charge on any atom is 0.419 e. The summed E-state index contributed by atoms with van der Waals surface area (Å²) < 4.78 is 45.3. The summed E-state index contributed by atoms with van der Waals surface area (Å²) in [4.78, 5) is 2.26. The number of likely N-dealkylation sites (N-methyl/N-ethyl adjacent to an activating group) is 1. The van der Waals surface area contributed by atoms with E-state index >= 15 is 0 Å². The van der Waals surface area contributed by atoms with E-state index in [4.69, 9.17) is 4.74 Å². The van der Waals surface area contributed by atoms with Gasteiger partial charge in [-0.05, 0) is 60.8 Å². The normalized spacial score (nSPS) is 14.7. The van der Waals surface area contributed by atoms with Crippen molar-refractivity contribution in [2.45, 2.75) is 39.0 Å². The Morgan fingerprint density at radius 2 is 1.93 bits per heavy atom. The molecule has 6 heteroatoms. The topological polar surface area (TPSA) is 24.5 Å². The first-order valence-corrected chi connectivity index (χ1v) is 9.24. The van der Waals surface area contributed by atoms with E-state index in [2.05, 4.69) is 29.4 Å². The number of nitrogens with zero attached hydrogens (tertiary/aromatic N) is 1. The van der Waals surface area contributed by atoms with Crippen LogP contribution in [0.15, 0.2) is 36.4 Å². The van der Waals surface area contributed by atoms with Gasteiger partial charge < -0.3 is 15.0 Å². The van der Waals surface area contributed by atoms with Gasteiger partial charge in [-0.15, -0.1) is 0 Å². The van der Waals surface area contributed by atoms with Gasteiger partial charge >= 0.3 is 6.18 Å². The highest BCUT2D eigenvalue weighted by Gasteiger charge is 2.34. The molecule has 27 heavy (non-hydrogen) atoms. The third-order valence-corrected chi connectivity index (χ3v) is 4.72. The van der Waals surface area contributed by atoms with Crippen LogP contribution in [0.2, 0.25) is 0 Å². The lowest BCUT2D eigenvalue weighted by molar-refractivity contribution is -0.139. The van der Waals surface area contributed by atoms with Crippen molar-refractivity contribution in [3.8, 4) is 5.75 Å². The molecule has 0 saturated carbocycles. The number of ether oxygens (including phenoxy) is 1. The van der Waals surface area contributed by atoms with Gasteiger partial charge in [-0.3, -0.25) is 0 Å². The van der Waals surface area contributed by atoms with Crippen molar-refractivity contribution >= 4 is 5.69 Å². The average molecular weight is 378 g/mol. The van der Waals surface area contributed by atoms with Crippen LogP contribution in [0.25, 0.3) is 0 Å². The van der Waals surface area contributed by atoms with E-state index in [-0.39, 0.29) is 12.4 Å². The maximum atomic E-state index is 13.3. The molecule has 0 spiro atoms. The summed E-state index contributed by atoms with van der Waals surface area (Å²) in [7, 11) is 2.09. The molecule has 1 aliphatic heterocycles. The molecule has 0 amide bonds. The molecule has 0 unspecified atom stereocenters. The largest absolute Gasteiger partial charge is 0.493 e. The molecule has 1 heterocycles. The van der Waals surface area contributed by atoms with Gasteiger partial charge in [0.2, 0.25) is 0 Å². The molecule has 0 aliphatic carbocycles. The number of nitrogens with one attached hydrogen (secondary N) is 1. The molecule has 0 fully saturated rings. The predicted molar refractivity (Wildman–Crippen MR) is 101 cm³/mol. The SMILES string of the molecule is CCCOc1ccc(CNc2ccc3c(c2)CN(C)CC3)cc1C(F)(F)F. The highest BCUT2D eigenvalue weighted by Crippen LogP contribution is 2.37. The number of rotatable bonds is 6.